The third-order valence-electron chi connectivity index (χ3n) is 2.57. The molecule has 0 atom stereocenters. The van der Waals surface area contributed by atoms with E-state index in [9.17, 15) is 4.79 Å². The van der Waals surface area contributed by atoms with E-state index in [4.69, 9.17) is 11.2 Å². The number of nitrogens with one attached hydrogen (secondary N) is 1. The Bertz CT molecular complexity index is 277. The van der Waals surface area contributed by atoms with Gasteiger partial charge in [-0.2, -0.15) is 0 Å². The minimum atomic E-state index is -0.685. The average molecular weight is 209 g/mol. The van der Waals surface area contributed by atoms with Gasteiger partial charge < -0.3 is 10.1 Å². The van der Waals surface area contributed by atoms with Crippen LogP contribution >= 0.6 is 0 Å². The molecule has 0 bridgehead atoms. The molecule has 1 aliphatic heterocycles. The number of terminal acetylenes is 1. The maximum absolute atomic E-state index is 11.8. The maximum Gasteiger partial charge on any atom is 0.312 e. The monoisotopic (exact) mass is 209 g/mol. The fourth-order valence-electron chi connectivity index (χ4n) is 1.44. The predicted molar refractivity (Wildman–Crippen MR) is 59.2 cm³/mol. The van der Waals surface area contributed by atoms with E-state index in [1.807, 2.05) is 20.8 Å². The highest BCUT2D eigenvalue weighted by atomic mass is 16.6. The van der Waals surface area contributed by atoms with Gasteiger partial charge in [-0.15, -0.1) is 6.42 Å². The molecular formula is C12H19NO2. The summed E-state index contributed by atoms with van der Waals surface area (Å²) in [5, 5.41) is 3.20. The van der Waals surface area contributed by atoms with Crippen LogP contribution in [0, 0.1) is 17.8 Å². The molecule has 0 aromatic carbocycles. The Kier molecular flexibility index (Phi) is 3.41. The van der Waals surface area contributed by atoms with Crippen LogP contribution in [0.25, 0.3) is 0 Å². The van der Waals surface area contributed by atoms with Crippen LogP contribution in [0.5, 0.6) is 0 Å². The SMILES string of the molecule is C#CC1(OC(=O)C(C)(C)C)CCNCC1. The van der Waals surface area contributed by atoms with Crippen molar-refractivity contribution in [1.82, 2.24) is 5.32 Å². The van der Waals surface area contributed by atoms with Crippen molar-refractivity contribution < 1.29 is 9.53 Å². The van der Waals surface area contributed by atoms with Crippen LogP contribution < -0.4 is 5.32 Å². The number of rotatable bonds is 1. The summed E-state index contributed by atoms with van der Waals surface area (Å²) in [4.78, 5) is 11.8. The van der Waals surface area contributed by atoms with Gasteiger partial charge in [-0.25, -0.2) is 0 Å². The van der Waals surface area contributed by atoms with Gasteiger partial charge in [0, 0.05) is 12.8 Å². The molecule has 3 nitrogen and oxygen atoms in total. The molecule has 0 spiro atoms. The summed E-state index contributed by atoms with van der Waals surface area (Å²) in [7, 11) is 0. The molecule has 1 N–H and O–H groups in total. The average Bonchev–Trinajstić information content (AvgIpc) is 2.18. The number of hydrogen-bond donors (Lipinski definition) is 1. The van der Waals surface area contributed by atoms with Gasteiger partial charge in [0.15, 0.2) is 5.60 Å². The Morgan fingerprint density at radius 2 is 1.93 bits per heavy atom. The van der Waals surface area contributed by atoms with Crippen LogP contribution in [-0.2, 0) is 9.53 Å². The smallest absolute Gasteiger partial charge is 0.312 e. The molecule has 0 aromatic rings. The minimum Gasteiger partial charge on any atom is -0.445 e. The first kappa shape index (κ1) is 12.1. The largest absolute Gasteiger partial charge is 0.445 e. The second-order valence-electron chi connectivity index (χ2n) is 5.03. The fourth-order valence-corrected chi connectivity index (χ4v) is 1.44. The van der Waals surface area contributed by atoms with Crippen molar-refractivity contribution in [2.45, 2.75) is 39.2 Å². The lowest BCUT2D eigenvalue weighted by atomic mass is 9.91. The maximum atomic E-state index is 11.8. The van der Waals surface area contributed by atoms with E-state index in [0.29, 0.717) is 12.8 Å². The predicted octanol–water partition coefficient (Wildman–Crippen LogP) is 1.33. The third-order valence-corrected chi connectivity index (χ3v) is 2.57. The molecule has 1 saturated heterocycles. The molecule has 1 aliphatic rings. The molecular weight excluding hydrogens is 190 g/mol. The zero-order valence-corrected chi connectivity index (χ0v) is 9.72. The summed E-state index contributed by atoms with van der Waals surface area (Å²) in [6.45, 7) is 7.12. The molecule has 1 fully saturated rings. The summed E-state index contributed by atoms with van der Waals surface area (Å²) in [5.41, 5.74) is -1.18. The Labute approximate surface area is 91.6 Å². The zero-order chi connectivity index (χ0) is 11.5. The molecule has 0 unspecified atom stereocenters. The minimum absolute atomic E-state index is 0.220. The highest BCUT2D eigenvalue weighted by Gasteiger charge is 2.37. The van der Waals surface area contributed by atoms with Crippen LogP contribution in [0.15, 0.2) is 0 Å². The van der Waals surface area contributed by atoms with E-state index in [1.54, 1.807) is 0 Å². The van der Waals surface area contributed by atoms with Crippen LogP contribution in [0.1, 0.15) is 33.6 Å². The van der Waals surface area contributed by atoms with E-state index in [0.717, 1.165) is 13.1 Å². The molecule has 84 valence electrons. The molecule has 0 radical (unpaired) electrons. The van der Waals surface area contributed by atoms with Crippen LogP contribution in [-0.4, -0.2) is 24.7 Å². The number of piperidine rings is 1. The van der Waals surface area contributed by atoms with Gasteiger partial charge in [0.25, 0.3) is 0 Å². The summed E-state index contributed by atoms with van der Waals surface area (Å²) in [5.74, 6) is 2.42. The molecule has 1 rings (SSSR count). The van der Waals surface area contributed by atoms with Gasteiger partial charge in [-0.3, -0.25) is 4.79 Å². The van der Waals surface area contributed by atoms with Crippen molar-refractivity contribution in [3.05, 3.63) is 0 Å². The van der Waals surface area contributed by atoms with Gasteiger partial charge in [0.1, 0.15) is 0 Å². The number of hydrogen-bond acceptors (Lipinski definition) is 3. The fraction of sp³-hybridized carbons (Fsp3) is 0.750. The highest BCUT2D eigenvalue weighted by Crippen LogP contribution is 2.26. The Morgan fingerprint density at radius 3 is 2.33 bits per heavy atom. The summed E-state index contributed by atoms with van der Waals surface area (Å²) in [6, 6.07) is 0. The molecule has 1 heterocycles. The van der Waals surface area contributed by atoms with Gasteiger partial charge >= 0.3 is 5.97 Å². The van der Waals surface area contributed by atoms with Gasteiger partial charge in [0.2, 0.25) is 0 Å². The van der Waals surface area contributed by atoms with Crippen LogP contribution in [0.2, 0.25) is 0 Å². The molecule has 0 aromatic heterocycles. The van der Waals surface area contributed by atoms with Gasteiger partial charge in [0.05, 0.1) is 5.41 Å². The van der Waals surface area contributed by atoms with Crippen molar-refractivity contribution in [3.63, 3.8) is 0 Å². The molecule has 0 aliphatic carbocycles. The lowest BCUT2D eigenvalue weighted by molar-refractivity contribution is -0.165. The third kappa shape index (κ3) is 2.97. The number of ether oxygens (including phenoxy) is 1. The molecule has 3 heteroatoms. The van der Waals surface area contributed by atoms with E-state index in [1.165, 1.54) is 0 Å². The van der Waals surface area contributed by atoms with Crippen molar-refractivity contribution in [2.24, 2.45) is 5.41 Å². The quantitative estimate of drug-likeness (QED) is 0.523. The summed E-state index contributed by atoms with van der Waals surface area (Å²) in [6.07, 6.45) is 6.87. The van der Waals surface area contributed by atoms with Crippen LogP contribution in [0.3, 0.4) is 0 Å². The summed E-state index contributed by atoms with van der Waals surface area (Å²) < 4.78 is 5.48. The number of esters is 1. The summed E-state index contributed by atoms with van der Waals surface area (Å²) >= 11 is 0. The lowest BCUT2D eigenvalue weighted by Gasteiger charge is -2.34. The second-order valence-corrected chi connectivity index (χ2v) is 5.03. The Balaban J connectivity index is 2.69. The van der Waals surface area contributed by atoms with Crippen molar-refractivity contribution >= 4 is 5.97 Å². The zero-order valence-electron chi connectivity index (χ0n) is 9.72. The molecule has 15 heavy (non-hydrogen) atoms. The van der Waals surface area contributed by atoms with Crippen molar-refractivity contribution in [2.75, 3.05) is 13.1 Å². The molecule has 0 saturated carbocycles. The first-order chi connectivity index (χ1) is 6.90. The van der Waals surface area contributed by atoms with E-state index >= 15 is 0 Å². The Morgan fingerprint density at radius 1 is 1.40 bits per heavy atom. The second kappa shape index (κ2) is 4.24. The van der Waals surface area contributed by atoms with Crippen LogP contribution in [0.4, 0.5) is 0 Å². The van der Waals surface area contributed by atoms with Gasteiger partial charge in [-0.05, 0) is 33.9 Å². The molecule has 0 amide bonds. The lowest BCUT2D eigenvalue weighted by Crippen LogP contribution is -2.46. The number of carbonyl (C=O) groups excluding carboxylic acids is 1. The topological polar surface area (TPSA) is 38.3 Å². The highest BCUT2D eigenvalue weighted by molar-refractivity contribution is 5.76. The first-order valence-electron chi connectivity index (χ1n) is 5.32. The first-order valence-corrected chi connectivity index (χ1v) is 5.32. The number of carbonyl (C=O) groups is 1. The van der Waals surface area contributed by atoms with E-state index in [2.05, 4.69) is 11.2 Å². The Hall–Kier alpha value is -1.01. The van der Waals surface area contributed by atoms with E-state index in [-0.39, 0.29) is 5.97 Å². The van der Waals surface area contributed by atoms with Gasteiger partial charge in [-0.1, -0.05) is 5.92 Å². The normalized spacial score (nSPS) is 20.4. The standard InChI is InChI=1S/C12H19NO2/c1-5-12(6-8-13-9-7-12)15-10(14)11(2,3)4/h1,13H,6-9H2,2-4H3. The van der Waals surface area contributed by atoms with Crippen molar-refractivity contribution in [3.8, 4) is 12.3 Å². The van der Waals surface area contributed by atoms with Crippen molar-refractivity contribution in [1.29, 1.82) is 0 Å². The van der Waals surface area contributed by atoms with E-state index < -0.39 is 11.0 Å².